The minimum absolute atomic E-state index is 0.235. The van der Waals surface area contributed by atoms with Gasteiger partial charge in [-0.3, -0.25) is 9.69 Å². The van der Waals surface area contributed by atoms with E-state index >= 15 is 0 Å². The number of thiocarbonyl (C=S) groups is 1. The van der Waals surface area contributed by atoms with Crippen LogP contribution in [0.2, 0.25) is 0 Å². The van der Waals surface area contributed by atoms with E-state index in [0.717, 1.165) is 16.7 Å². The third-order valence-corrected chi connectivity index (χ3v) is 4.48. The van der Waals surface area contributed by atoms with Crippen molar-refractivity contribution in [2.24, 2.45) is 0 Å². The maximum atomic E-state index is 12.9. The van der Waals surface area contributed by atoms with Gasteiger partial charge in [0.1, 0.15) is 16.2 Å². The number of amides is 1. The van der Waals surface area contributed by atoms with Gasteiger partial charge < -0.3 is 5.11 Å². The lowest BCUT2D eigenvalue weighted by Gasteiger charge is -2.22. The lowest BCUT2D eigenvalue weighted by atomic mass is 10.1. The second-order valence-corrected chi connectivity index (χ2v) is 6.42. The number of benzene rings is 1. The highest BCUT2D eigenvalue weighted by molar-refractivity contribution is 8.26. The minimum Gasteiger partial charge on any atom is -0.480 e. The molecule has 0 bridgehead atoms. The summed E-state index contributed by atoms with van der Waals surface area (Å²) in [4.78, 5) is 25.3. The quantitative estimate of drug-likeness (QED) is 0.659. The lowest BCUT2D eigenvalue weighted by Crippen LogP contribution is -2.43. The van der Waals surface area contributed by atoms with Gasteiger partial charge in [0.15, 0.2) is 0 Å². The molecule has 1 N–H and O–H groups in total. The Labute approximate surface area is 137 Å². The molecule has 4 nitrogen and oxygen atoms in total. The van der Waals surface area contributed by atoms with E-state index in [0.29, 0.717) is 23.3 Å². The third-order valence-electron chi connectivity index (χ3n) is 3.15. The van der Waals surface area contributed by atoms with Crippen LogP contribution in [-0.2, 0) is 9.59 Å². The number of hydrogen-bond donors (Lipinski definition) is 1. The first-order valence-electron chi connectivity index (χ1n) is 6.69. The van der Waals surface area contributed by atoms with Gasteiger partial charge in [-0.25, -0.2) is 9.18 Å². The van der Waals surface area contributed by atoms with Crippen LogP contribution in [-0.4, -0.2) is 32.2 Å². The summed E-state index contributed by atoms with van der Waals surface area (Å²) in [5, 5.41) is 9.28. The van der Waals surface area contributed by atoms with E-state index < -0.39 is 17.9 Å². The Kier molecular flexibility index (Phi) is 5.31. The monoisotopic (exact) mass is 339 g/mol. The maximum Gasteiger partial charge on any atom is 0.326 e. The molecule has 1 aliphatic rings. The highest BCUT2D eigenvalue weighted by atomic mass is 32.2. The predicted molar refractivity (Wildman–Crippen MR) is 87.7 cm³/mol. The zero-order valence-electron chi connectivity index (χ0n) is 11.8. The maximum absolute atomic E-state index is 12.9. The Balaban J connectivity index is 2.27. The van der Waals surface area contributed by atoms with Crippen molar-refractivity contribution >= 4 is 46.3 Å². The van der Waals surface area contributed by atoms with E-state index in [4.69, 9.17) is 12.2 Å². The summed E-state index contributed by atoms with van der Waals surface area (Å²) >= 11 is 6.21. The Morgan fingerprint density at radius 3 is 2.64 bits per heavy atom. The average molecular weight is 339 g/mol. The second-order valence-electron chi connectivity index (χ2n) is 4.75. The van der Waals surface area contributed by atoms with E-state index in [1.165, 1.54) is 12.1 Å². The van der Waals surface area contributed by atoms with E-state index in [-0.39, 0.29) is 10.1 Å². The molecule has 0 saturated carbocycles. The number of carbonyl (C=O) groups excluding carboxylic acids is 1. The molecule has 1 amide bonds. The molecular formula is C15H14FNO3S2. The van der Waals surface area contributed by atoms with E-state index in [1.54, 1.807) is 18.2 Å². The van der Waals surface area contributed by atoms with Crippen LogP contribution in [0.4, 0.5) is 4.39 Å². The average Bonchev–Trinajstić information content (AvgIpc) is 2.73. The van der Waals surface area contributed by atoms with Crippen molar-refractivity contribution in [2.45, 2.75) is 25.8 Å². The summed E-state index contributed by atoms with van der Waals surface area (Å²) in [5.41, 5.74) is 0.657. The van der Waals surface area contributed by atoms with Crippen LogP contribution in [0.5, 0.6) is 0 Å². The highest BCUT2D eigenvalue weighted by Crippen LogP contribution is 2.34. The molecule has 0 spiro atoms. The summed E-state index contributed by atoms with van der Waals surface area (Å²) < 4.78 is 13.1. The first kappa shape index (κ1) is 16.6. The molecule has 1 aromatic carbocycles. The van der Waals surface area contributed by atoms with E-state index in [9.17, 15) is 19.1 Å². The molecule has 1 aliphatic heterocycles. The topological polar surface area (TPSA) is 57.6 Å². The lowest BCUT2D eigenvalue weighted by molar-refractivity contribution is -0.145. The number of rotatable bonds is 5. The smallest absolute Gasteiger partial charge is 0.326 e. The predicted octanol–water partition coefficient (Wildman–Crippen LogP) is 3.28. The number of hydrogen-bond acceptors (Lipinski definition) is 4. The Morgan fingerprint density at radius 1 is 1.45 bits per heavy atom. The summed E-state index contributed by atoms with van der Waals surface area (Å²) in [5.74, 6) is -1.85. The van der Waals surface area contributed by atoms with Crippen LogP contribution < -0.4 is 0 Å². The van der Waals surface area contributed by atoms with Gasteiger partial charge in [0.25, 0.3) is 5.91 Å². The molecule has 0 aromatic heterocycles. The molecule has 0 aliphatic carbocycles. The van der Waals surface area contributed by atoms with Gasteiger partial charge in [-0.15, -0.1) is 0 Å². The van der Waals surface area contributed by atoms with Gasteiger partial charge in [0.05, 0.1) is 4.91 Å². The Morgan fingerprint density at radius 2 is 2.09 bits per heavy atom. The normalized spacial score (nSPS) is 18.1. The molecule has 1 fully saturated rings. The van der Waals surface area contributed by atoms with Crippen molar-refractivity contribution in [3.05, 3.63) is 40.6 Å². The minimum atomic E-state index is -1.07. The largest absolute Gasteiger partial charge is 0.480 e. The number of carboxylic acid groups (broad SMARTS) is 1. The molecule has 1 heterocycles. The molecule has 7 heteroatoms. The fraction of sp³-hybridized carbons (Fsp3) is 0.267. The van der Waals surface area contributed by atoms with Gasteiger partial charge in [0, 0.05) is 0 Å². The van der Waals surface area contributed by atoms with Crippen molar-refractivity contribution in [3.8, 4) is 0 Å². The van der Waals surface area contributed by atoms with Crippen LogP contribution in [0.3, 0.4) is 0 Å². The van der Waals surface area contributed by atoms with Crippen molar-refractivity contribution in [1.29, 1.82) is 0 Å². The summed E-state index contributed by atoms with van der Waals surface area (Å²) in [6.07, 6.45) is 2.56. The molecule has 1 saturated heterocycles. The Bertz CT molecular complexity index is 643. The molecule has 1 unspecified atom stereocenters. The summed E-state index contributed by atoms with van der Waals surface area (Å²) in [6.45, 7) is 1.85. The van der Waals surface area contributed by atoms with Crippen LogP contribution in [0.15, 0.2) is 29.2 Å². The first-order valence-corrected chi connectivity index (χ1v) is 7.92. The molecule has 1 atom stereocenters. The number of halogens is 1. The molecule has 2 rings (SSSR count). The molecule has 116 valence electrons. The number of thioether (sulfide) groups is 1. The zero-order valence-corrected chi connectivity index (χ0v) is 13.4. The van der Waals surface area contributed by atoms with Gasteiger partial charge in [-0.2, -0.15) is 0 Å². The number of nitrogens with zero attached hydrogens (tertiary/aromatic N) is 1. The third kappa shape index (κ3) is 3.53. The standard InChI is InChI=1S/C15H14FNO3S2/c1-2-3-11(14(19)20)17-13(18)12(22-15(17)21)8-9-4-6-10(16)7-5-9/h4-8,11H,2-3H2,1H3,(H,19,20)/b12-8+. The van der Waals surface area contributed by atoms with Crippen molar-refractivity contribution in [2.75, 3.05) is 0 Å². The van der Waals surface area contributed by atoms with Gasteiger partial charge >= 0.3 is 5.97 Å². The van der Waals surface area contributed by atoms with Crippen molar-refractivity contribution in [3.63, 3.8) is 0 Å². The number of aliphatic carboxylic acids is 1. The molecule has 0 radical (unpaired) electrons. The molecule has 22 heavy (non-hydrogen) atoms. The van der Waals surface area contributed by atoms with E-state index in [1.807, 2.05) is 6.92 Å². The second kappa shape index (κ2) is 7.02. The summed E-state index contributed by atoms with van der Waals surface area (Å²) in [7, 11) is 0. The molecular weight excluding hydrogens is 325 g/mol. The van der Waals surface area contributed by atoms with Crippen LogP contribution in [0.25, 0.3) is 6.08 Å². The van der Waals surface area contributed by atoms with Crippen molar-refractivity contribution < 1.29 is 19.1 Å². The van der Waals surface area contributed by atoms with Crippen molar-refractivity contribution in [1.82, 2.24) is 4.90 Å². The highest BCUT2D eigenvalue weighted by Gasteiger charge is 2.39. The van der Waals surface area contributed by atoms with Crippen LogP contribution in [0, 0.1) is 5.82 Å². The Hall–Kier alpha value is -1.73. The van der Waals surface area contributed by atoms with Crippen LogP contribution >= 0.6 is 24.0 Å². The fourth-order valence-electron chi connectivity index (χ4n) is 2.10. The summed E-state index contributed by atoms with van der Waals surface area (Å²) in [6, 6.07) is 4.73. The number of carbonyl (C=O) groups is 2. The van der Waals surface area contributed by atoms with Gasteiger partial charge in [0.2, 0.25) is 0 Å². The van der Waals surface area contributed by atoms with E-state index in [2.05, 4.69) is 0 Å². The number of carboxylic acids is 1. The first-order chi connectivity index (χ1) is 10.4. The van der Waals surface area contributed by atoms with Gasteiger partial charge in [-0.1, -0.05) is 49.5 Å². The van der Waals surface area contributed by atoms with Crippen LogP contribution in [0.1, 0.15) is 25.3 Å². The fourth-order valence-corrected chi connectivity index (χ4v) is 3.45. The SMILES string of the molecule is CCCC(C(=O)O)N1C(=O)/C(=C\c2ccc(F)cc2)SC1=S. The van der Waals surface area contributed by atoms with Gasteiger partial charge in [-0.05, 0) is 30.2 Å². The molecule has 1 aromatic rings. The zero-order chi connectivity index (χ0) is 16.3.